The molecule has 0 aliphatic carbocycles. The van der Waals surface area contributed by atoms with Crippen molar-refractivity contribution in [3.63, 3.8) is 0 Å². The zero-order valence-corrected chi connectivity index (χ0v) is 35.3. The van der Waals surface area contributed by atoms with E-state index in [1.54, 1.807) is 0 Å². The number of carbonyl (C=O) groups is 2. The molecule has 0 bridgehead atoms. The fourth-order valence-electron chi connectivity index (χ4n) is 6.07. The first-order valence-electron chi connectivity index (χ1n) is 22.6. The number of amides is 1. The van der Waals surface area contributed by atoms with Gasteiger partial charge in [-0.3, -0.25) is 9.59 Å². The molecule has 0 radical (unpaired) electrons. The molecule has 0 heterocycles. The highest BCUT2D eigenvalue weighted by Gasteiger charge is 2.01. The number of hydrogen-bond donors (Lipinski definition) is 5. The molecule has 0 aliphatic heterocycles. The summed E-state index contributed by atoms with van der Waals surface area (Å²) in [5, 5.41) is 28.1. The van der Waals surface area contributed by atoms with Gasteiger partial charge in [-0.05, 0) is 12.8 Å². The van der Waals surface area contributed by atoms with Crippen LogP contribution in [0.5, 0.6) is 0 Å². The van der Waals surface area contributed by atoms with Gasteiger partial charge in [-0.2, -0.15) is 0 Å². The van der Waals surface area contributed by atoms with Crippen molar-refractivity contribution in [2.75, 3.05) is 52.7 Å². The van der Waals surface area contributed by atoms with Crippen LogP contribution in [0.1, 0.15) is 219 Å². The molecule has 0 spiro atoms. The van der Waals surface area contributed by atoms with Gasteiger partial charge in [0.2, 0.25) is 5.91 Å². The highest BCUT2D eigenvalue weighted by Crippen LogP contribution is 2.15. The zero-order chi connectivity index (χ0) is 39.6. The molecule has 0 aromatic heterocycles. The van der Waals surface area contributed by atoms with Gasteiger partial charge in [0.25, 0.3) is 0 Å². The van der Waals surface area contributed by atoms with Crippen molar-refractivity contribution in [2.24, 2.45) is 5.73 Å². The maximum atomic E-state index is 11.6. The van der Waals surface area contributed by atoms with Crippen molar-refractivity contribution in [1.82, 2.24) is 5.32 Å². The van der Waals surface area contributed by atoms with E-state index >= 15 is 0 Å². The number of nitrogens with two attached hydrogens (primary N) is 1. The molecule has 0 fully saturated rings. The van der Waals surface area contributed by atoms with Gasteiger partial charge < -0.3 is 35.8 Å². The maximum absolute atomic E-state index is 11.6. The summed E-state index contributed by atoms with van der Waals surface area (Å²) in [4.78, 5) is 21.9. The molecular formula is C44H92N2O7. The Hall–Kier alpha value is -1.26. The van der Waals surface area contributed by atoms with Crippen molar-refractivity contribution in [3.05, 3.63) is 0 Å². The summed E-state index contributed by atoms with van der Waals surface area (Å²) >= 11 is 0. The fraction of sp³-hybridized carbons (Fsp3) is 0.955. The minimum atomic E-state index is -0.653. The lowest BCUT2D eigenvalue weighted by Crippen LogP contribution is -2.27. The molecule has 0 aromatic carbocycles. The number of hydrogen-bond acceptors (Lipinski definition) is 7. The molecule has 0 aliphatic rings. The summed E-state index contributed by atoms with van der Waals surface area (Å²) in [5.41, 5.74) is 5.06. The number of unbranched alkanes of at least 4 members (excludes halogenated alkanes) is 28. The van der Waals surface area contributed by atoms with E-state index in [2.05, 4.69) is 19.2 Å². The van der Waals surface area contributed by atoms with Crippen LogP contribution >= 0.6 is 0 Å². The normalized spacial score (nSPS) is 10.7. The standard InChI is InChI=1S/C22H45NO3.C18H36O2.C4H11NO2/c1-2-3-4-5-6-7-8-9-10-11-12-13-14-15-16-17-22(25)23-18-20-26-21-19-24;1-2-3-4-5-6-7-8-9-10-11-12-13-14-15-16-17-18(19)20;5-1-3-7-4-2-6/h24H,2-21H2,1H3,(H,23,25);2-17H2,1H3,(H,19,20);6H,1-5H2. The summed E-state index contributed by atoms with van der Waals surface area (Å²) in [7, 11) is 0. The Morgan fingerprint density at radius 2 is 0.755 bits per heavy atom. The Morgan fingerprint density at radius 1 is 0.453 bits per heavy atom. The lowest BCUT2D eigenvalue weighted by atomic mass is 10.0. The van der Waals surface area contributed by atoms with Crippen molar-refractivity contribution in [3.8, 4) is 0 Å². The summed E-state index contributed by atoms with van der Waals surface area (Å²) in [6.07, 6.45) is 41.0. The van der Waals surface area contributed by atoms with Crippen LogP contribution in [0.15, 0.2) is 0 Å². The van der Waals surface area contributed by atoms with Crippen LogP contribution in [-0.2, 0) is 19.1 Å². The summed E-state index contributed by atoms with van der Waals surface area (Å²) in [5.74, 6) is -0.535. The van der Waals surface area contributed by atoms with Crippen LogP contribution in [0, 0.1) is 0 Å². The monoisotopic (exact) mass is 761 g/mol. The number of aliphatic hydroxyl groups excluding tert-OH is 2. The molecule has 320 valence electrons. The number of carbonyl (C=O) groups excluding carboxylic acids is 1. The average molecular weight is 761 g/mol. The third-order valence-electron chi connectivity index (χ3n) is 9.30. The maximum Gasteiger partial charge on any atom is 0.303 e. The van der Waals surface area contributed by atoms with E-state index in [0.29, 0.717) is 52.4 Å². The van der Waals surface area contributed by atoms with Gasteiger partial charge >= 0.3 is 5.97 Å². The second-order valence-corrected chi connectivity index (χ2v) is 14.6. The van der Waals surface area contributed by atoms with Crippen LogP contribution in [0.2, 0.25) is 0 Å². The second-order valence-electron chi connectivity index (χ2n) is 14.6. The first kappa shape index (κ1) is 56.1. The van der Waals surface area contributed by atoms with E-state index in [0.717, 1.165) is 25.7 Å². The number of aliphatic carboxylic acids is 1. The van der Waals surface area contributed by atoms with Crippen LogP contribution in [0.4, 0.5) is 0 Å². The molecule has 0 saturated heterocycles. The highest BCUT2D eigenvalue weighted by molar-refractivity contribution is 5.75. The van der Waals surface area contributed by atoms with Crippen LogP contribution in [0.25, 0.3) is 0 Å². The smallest absolute Gasteiger partial charge is 0.303 e. The molecule has 0 aromatic rings. The summed E-state index contributed by atoms with van der Waals surface area (Å²) in [6, 6.07) is 0. The molecule has 0 saturated carbocycles. The van der Waals surface area contributed by atoms with Gasteiger partial charge in [-0.25, -0.2) is 0 Å². The largest absolute Gasteiger partial charge is 0.481 e. The van der Waals surface area contributed by atoms with Crippen LogP contribution in [0.3, 0.4) is 0 Å². The van der Waals surface area contributed by atoms with Crippen molar-refractivity contribution in [1.29, 1.82) is 0 Å². The van der Waals surface area contributed by atoms with Gasteiger partial charge in [-0.1, -0.05) is 194 Å². The number of aliphatic hydroxyl groups is 2. The molecule has 9 nitrogen and oxygen atoms in total. The van der Waals surface area contributed by atoms with Crippen molar-refractivity contribution < 1.29 is 34.4 Å². The Kier molecular flexibility index (Phi) is 58.3. The van der Waals surface area contributed by atoms with E-state index in [1.165, 1.54) is 167 Å². The molecule has 0 rings (SSSR count). The average Bonchev–Trinajstić information content (AvgIpc) is 3.15. The minimum Gasteiger partial charge on any atom is -0.481 e. The number of ether oxygens (including phenoxy) is 2. The third kappa shape index (κ3) is 63.0. The van der Waals surface area contributed by atoms with Gasteiger partial charge in [-0.15, -0.1) is 0 Å². The lowest BCUT2D eigenvalue weighted by Gasteiger charge is -2.06. The van der Waals surface area contributed by atoms with Gasteiger partial charge in [0.1, 0.15) is 0 Å². The highest BCUT2D eigenvalue weighted by atomic mass is 16.5. The van der Waals surface area contributed by atoms with Crippen LogP contribution < -0.4 is 11.1 Å². The third-order valence-corrected chi connectivity index (χ3v) is 9.30. The van der Waals surface area contributed by atoms with Crippen molar-refractivity contribution >= 4 is 11.9 Å². The first-order chi connectivity index (χ1) is 26.0. The summed E-state index contributed by atoms with van der Waals surface area (Å²) in [6.45, 7) is 7.49. The molecule has 0 unspecified atom stereocenters. The molecule has 0 atom stereocenters. The SMILES string of the molecule is CCCCCCCCCCCCCCCCCC(=O)NCCOCCO.CCCCCCCCCCCCCCCCCC(=O)O.NCCOCCO. The predicted octanol–water partition coefficient (Wildman–Crippen LogP) is 10.7. The van der Waals surface area contributed by atoms with E-state index in [1.807, 2.05) is 0 Å². The number of carboxylic acids is 1. The second kappa shape index (κ2) is 55.1. The minimum absolute atomic E-state index is 0.0348. The topological polar surface area (TPSA) is 151 Å². The molecular weight excluding hydrogens is 668 g/mol. The van der Waals surface area contributed by atoms with E-state index in [9.17, 15) is 9.59 Å². The predicted molar refractivity (Wildman–Crippen MR) is 225 cm³/mol. The van der Waals surface area contributed by atoms with Crippen LogP contribution in [-0.4, -0.2) is 79.9 Å². The molecule has 6 N–H and O–H groups in total. The zero-order valence-electron chi connectivity index (χ0n) is 35.3. The lowest BCUT2D eigenvalue weighted by molar-refractivity contribution is -0.137. The Morgan fingerprint density at radius 3 is 1.06 bits per heavy atom. The van der Waals surface area contributed by atoms with E-state index in [-0.39, 0.29) is 19.1 Å². The molecule has 1 amide bonds. The van der Waals surface area contributed by atoms with E-state index < -0.39 is 5.97 Å². The Labute approximate surface area is 328 Å². The van der Waals surface area contributed by atoms with Crippen molar-refractivity contribution in [2.45, 2.75) is 219 Å². The Bertz CT molecular complexity index is 666. The van der Waals surface area contributed by atoms with E-state index in [4.69, 9.17) is 30.5 Å². The number of rotatable bonds is 41. The Balaban J connectivity index is -0.000000816. The quantitative estimate of drug-likeness (QED) is 0.0386. The molecule has 9 heteroatoms. The van der Waals surface area contributed by atoms with Gasteiger partial charge in [0.05, 0.1) is 39.6 Å². The summed E-state index contributed by atoms with van der Waals surface area (Å²) < 4.78 is 9.86. The number of carboxylic acid groups (broad SMARTS) is 1. The number of nitrogens with one attached hydrogen (secondary N) is 1. The first-order valence-corrected chi connectivity index (χ1v) is 22.6. The van der Waals surface area contributed by atoms with Gasteiger partial charge in [0.15, 0.2) is 0 Å². The molecule has 53 heavy (non-hydrogen) atoms. The fourth-order valence-corrected chi connectivity index (χ4v) is 6.07. The van der Waals surface area contributed by atoms with Gasteiger partial charge in [0, 0.05) is 25.9 Å².